The molecule has 0 aromatic heterocycles. The second-order valence-electron chi connectivity index (χ2n) is 6.17. The number of ether oxygens (including phenoxy) is 1. The molecular formula is C19H19ClN2O. The summed E-state index contributed by atoms with van der Waals surface area (Å²) < 4.78 is 6.35. The second-order valence-corrected chi connectivity index (χ2v) is 6.61. The minimum Gasteiger partial charge on any atom is -0.484 e. The maximum absolute atomic E-state index is 9.41. The maximum atomic E-state index is 9.41. The van der Waals surface area contributed by atoms with E-state index < -0.39 is 0 Å². The van der Waals surface area contributed by atoms with Gasteiger partial charge in [0.1, 0.15) is 11.9 Å². The van der Waals surface area contributed by atoms with Gasteiger partial charge in [-0.15, -0.1) is 0 Å². The number of fused-ring (bicyclic) bond motifs is 1. The number of hydrogen-bond donors (Lipinski definition) is 0. The molecule has 23 heavy (non-hydrogen) atoms. The van der Waals surface area contributed by atoms with Crippen LogP contribution in [0.1, 0.15) is 28.4 Å². The summed E-state index contributed by atoms with van der Waals surface area (Å²) in [7, 11) is 4.08. The Labute approximate surface area is 142 Å². The zero-order valence-corrected chi connectivity index (χ0v) is 14.3. The van der Waals surface area contributed by atoms with Gasteiger partial charge in [-0.05, 0) is 62.3 Å². The van der Waals surface area contributed by atoms with E-state index in [4.69, 9.17) is 16.3 Å². The van der Waals surface area contributed by atoms with Crippen LogP contribution >= 0.6 is 11.6 Å². The van der Waals surface area contributed by atoms with E-state index in [1.165, 1.54) is 0 Å². The van der Waals surface area contributed by atoms with E-state index >= 15 is 0 Å². The van der Waals surface area contributed by atoms with Crippen molar-refractivity contribution < 1.29 is 4.74 Å². The standard InChI is InChI=1S/C19H19ClN2O/c1-12-6-4-5-7-18(12)23-19-16-9-14(20)8-13(11-21)15(16)10-17(19)22(2)3/h4-9,17,19H,10H2,1-3H3/t17-,19-/m0/s1. The average Bonchev–Trinajstić information content (AvgIpc) is 2.87. The number of rotatable bonds is 3. The highest BCUT2D eigenvalue weighted by atomic mass is 35.5. The zero-order chi connectivity index (χ0) is 16.6. The van der Waals surface area contributed by atoms with Crippen molar-refractivity contribution in [2.45, 2.75) is 25.5 Å². The highest BCUT2D eigenvalue weighted by Gasteiger charge is 2.37. The third-order valence-corrected chi connectivity index (χ3v) is 4.67. The number of hydrogen-bond acceptors (Lipinski definition) is 3. The largest absolute Gasteiger partial charge is 0.484 e. The number of nitrogens with zero attached hydrogens (tertiary/aromatic N) is 2. The summed E-state index contributed by atoms with van der Waals surface area (Å²) in [5.41, 5.74) is 3.82. The van der Waals surface area contributed by atoms with Crippen LogP contribution in [0.3, 0.4) is 0 Å². The third kappa shape index (κ3) is 2.93. The lowest BCUT2D eigenvalue weighted by Crippen LogP contribution is -2.34. The summed E-state index contributed by atoms with van der Waals surface area (Å²) in [6, 6.07) is 14.1. The lowest BCUT2D eigenvalue weighted by Gasteiger charge is -2.28. The summed E-state index contributed by atoms with van der Waals surface area (Å²) in [5, 5.41) is 9.99. The predicted molar refractivity (Wildman–Crippen MR) is 91.9 cm³/mol. The van der Waals surface area contributed by atoms with Gasteiger partial charge in [0.15, 0.2) is 0 Å². The number of halogens is 1. The summed E-state index contributed by atoms with van der Waals surface area (Å²) in [5.74, 6) is 0.871. The molecular weight excluding hydrogens is 308 g/mol. The molecule has 0 bridgehead atoms. The van der Waals surface area contributed by atoms with Crippen LogP contribution < -0.4 is 4.74 Å². The normalized spacial score (nSPS) is 19.5. The summed E-state index contributed by atoms with van der Waals surface area (Å²) in [4.78, 5) is 2.15. The van der Waals surface area contributed by atoms with Gasteiger partial charge in [0.05, 0.1) is 17.7 Å². The molecule has 0 saturated heterocycles. The highest BCUT2D eigenvalue weighted by molar-refractivity contribution is 6.30. The van der Waals surface area contributed by atoms with Crippen LogP contribution in [0, 0.1) is 18.3 Å². The van der Waals surface area contributed by atoms with Crippen molar-refractivity contribution in [3.63, 3.8) is 0 Å². The van der Waals surface area contributed by atoms with E-state index in [1.54, 1.807) is 6.07 Å². The molecule has 0 amide bonds. The Kier molecular flexibility index (Phi) is 4.30. The first kappa shape index (κ1) is 15.9. The monoisotopic (exact) mass is 326 g/mol. The number of likely N-dealkylation sites (N-methyl/N-ethyl adjacent to an activating group) is 1. The first-order valence-corrected chi connectivity index (χ1v) is 8.00. The lowest BCUT2D eigenvalue weighted by atomic mass is 10.0. The summed E-state index contributed by atoms with van der Waals surface area (Å²) in [6.07, 6.45) is 0.658. The van der Waals surface area contributed by atoms with Crippen LogP contribution in [0.15, 0.2) is 36.4 Å². The molecule has 2 aromatic rings. The lowest BCUT2D eigenvalue weighted by molar-refractivity contribution is 0.110. The maximum Gasteiger partial charge on any atom is 0.140 e. The van der Waals surface area contributed by atoms with Crippen molar-refractivity contribution in [3.05, 3.63) is 63.7 Å². The van der Waals surface area contributed by atoms with Gasteiger partial charge in [-0.3, -0.25) is 0 Å². The van der Waals surface area contributed by atoms with Crippen LogP contribution in [0.4, 0.5) is 0 Å². The molecule has 3 nitrogen and oxygen atoms in total. The molecule has 0 N–H and O–H groups in total. The highest BCUT2D eigenvalue weighted by Crippen LogP contribution is 2.40. The minimum atomic E-state index is -0.133. The molecule has 0 radical (unpaired) electrons. The molecule has 1 aliphatic carbocycles. The zero-order valence-electron chi connectivity index (χ0n) is 13.5. The molecule has 0 unspecified atom stereocenters. The summed E-state index contributed by atoms with van der Waals surface area (Å²) >= 11 is 6.21. The Morgan fingerprint density at radius 3 is 2.65 bits per heavy atom. The van der Waals surface area contributed by atoms with Gasteiger partial charge in [0.25, 0.3) is 0 Å². The van der Waals surface area contributed by atoms with Crippen molar-refractivity contribution in [3.8, 4) is 11.8 Å². The summed E-state index contributed by atoms with van der Waals surface area (Å²) in [6.45, 7) is 2.04. The topological polar surface area (TPSA) is 36.3 Å². The van der Waals surface area contributed by atoms with E-state index in [0.29, 0.717) is 10.6 Å². The number of aryl methyl sites for hydroxylation is 1. The Balaban J connectivity index is 2.06. The third-order valence-electron chi connectivity index (χ3n) is 4.45. The molecule has 0 fully saturated rings. The van der Waals surface area contributed by atoms with E-state index in [2.05, 4.69) is 11.0 Å². The van der Waals surface area contributed by atoms with Gasteiger partial charge in [-0.25, -0.2) is 0 Å². The Morgan fingerprint density at radius 2 is 2.00 bits per heavy atom. The van der Waals surface area contributed by atoms with Gasteiger partial charge in [-0.2, -0.15) is 5.26 Å². The van der Waals surface area contributed by atoms with Crippen LogP contribution in [0.2, 0.25) is 5.02 Å². The minimum absolute atomic E-state index is 0.133. The quantitative estimate of drug-likeness (QED) is 0.851. The fourth-order valence-electron chi connectivity index (χ4n) is 3.18. The van der Waals surface area contributed by atoms with Gasteiger partial charge < -0.3 is 9.64 Å². The molecule has 0 spiro atoms. The number of para-hydroxylation sites is 1. The second kappa shape index (κ2) is 6.23. The van der Waals surface area contributed by atoms with E-state index in [0.717, 1.165) is 28.9 Å². The van der Waals surface area contributed by atoms with Gasteiger partial charge in [0, 0.05) is 5.02 Å². The van der Waals surface area contributed by atoms with Gasteiger partial charge in [0.2, 0.25) is 0 Å². The van der Waals surface area contributed by atoms with Crippen molar-refractivity contribution in [2.75, 3.05) is 14.1 Å². The van der Waals surface area contributed by atoms with Crippen molar-refractivity contribution in [1.82, 2.24) is 4.90 Å². The number of benzene rings is 2. The molecule has 0 saturated carbocycles. The molecule has 1 aliphatic rings. The number of nitriles is 1. The Morgan fingerprint density at radius 1 is 1.26 bits per heavy atom. The van der Waals surface area contributed by atoms with Crippen LogP contribution in [0.25, 0.3) is 0 Å². The molecule has 2 aromatic carbocycles. The van der Waals surface area contributed by atoms with Crippen molar-refractivity contribution in [1.29, 1.82) is 5.26 Å². The molecule has 118 valence electrons. The van der Waals surface area contributed by atoms with Gasteiger partial charge >= 0.3 is 0 Å². The predicted octanol–water partition coefficient (Wildman–Crippen LogP) is 4.13. The fraction of sp³-hybridized carbons (Fsp3) is 0.316. The first-order chi connectivity index (χ1) is 11.0. The molecule has 4 heteroatoms. The van der Waals surface area contributed by atoms with E-state index in [9.17, 15) is 5.26 Å². The van der Waals surface area contributed by atoms with Gasteiger partial charge in [-0.1, -0.05) is 29.8 Å². The van der Waals surface area contributed by atoms with Crippen LogP contribution in [-0.2, 0) is 6.42 Å². The van der Waals surface area contributed by atoms with Crippen molar-refractivity contribution in [2.24, 2.45) is 0 Å². The van der Waals surface area contributed by atoms with Crippen LogP contribution in [0.5, 0.6) is 5.75 Å². The smallest absolute Gasteiger partial charge is 0.140 e. The first-order valence-electron chi connectivity index (χ1n) is 7.62. The molecule has 3 rings (SSSR count). The fourth-order valence-corrected chi connectivity index (χ4v) is 3.41. The molecule has 2 atom stereocenters. The van der Waals surface area contributed by atoms with Crippen molar-refractivity contribution >= 4 is 11.6 Å². The molecule has 0 aliphatic heterocycles. The molecule has 0 heterocycles. The van der Waals surface area contributed by atoms with Crippen LogP contribution in [-0.4, -0.2) is 25.0 Å². The average molecular weight is 327 g/mol. The SMILES string of the molecule is Cc1ccccc1O[C@H]1c2cc(Cl)cc(C#N)c2C[C@@H]1N(C)C. The Hall–Kier alpha value is -2.02. The van der Waals surface area contributed by atoms with E-state index in [-0.39, 0.29) is 12.1 Å². The Bertz CT molecular complexity index is 779. The van der Waals surface area contributed by atoms with E-state index in [1.807, 2.05) is 51.4 Å².